The van der Waals surface area contributed by atoms with Crippen LogP contribution < -0.4 is 5.32 Å². The fourth-order valence-electron chi connectivity index (χ4n) is 2.41. The molecular formula is C12H17F3N2O3. The molecule has 1 saturated carbocycles. The second-order valence-electron chi connectivity index (χ2n) is 5.52. The van der Waals surface area contributed by atoms with E-state index >= 15 is 0 Å². The van der Waals surface area contributed by atoms with Crippen LogP contribution in [0.15, 0.2) is 0 Å². The molecule has 1 saturated heterocycles. The van der Waals surface area contributed by atoms with Crippen molar-refractivity contribution in [2.75, 3.05) is 19.6 Å². The normalized spacial score (nSPS) is 26.6. The molecule has 114 valence electrons. The first kappa shape index (κ1) is 14.9. The predicted molar refractivity (Wildman–Crippen MR) is 63.1 cm³/mol. The van der Waals surface area contributed by atoms with Crippen molar-refractivity contribution >= 4 is 12.0 Å². The molecule has 1 aliphatic carbocycles. The van der Waals surface area contributed by atoms with Crippen LogP contribution in [0.4, 0.5) is 18.0 Å². The number of hydrogen-bond donors (Lipinski definition) is 2. The molecule has 2 fully saturated rings. The standard InChI is InChI=1S/C12H17F3N2O3/c13-12(14,15)11(9(18)19)4-6-17(7-11)10(20)16-5-3-8-1-2-8/h8H,1-7H2,(H,16,20)(H,18,19). The SMILES string of the molecule is O=C(NCCC1CC1)N1CCC(C(=O)O)(C(F)(F)F)C1. The molecule has 2 amide bonds. The Morgan fingerprint density at radius 1 is 1.35 bits per heavy atom. The molecular weight excluding hydrogens is 277 g/mol. The van der Waals surface area contributed by atoms with E-state index in [9.17, 15) is 22.8 Å². The molecule has 1 heterocycles. The van der Waals surface area contributed by atoms with E-state index in [0.717, 1.165) is 24.2 Å². The van der Waals surface area contributed by atoms with Gasteiger partial charge in [-0.1, -0.05) is 12.8 Å². The van der Waals surface area contributed by atoms with Gasteiger partial charge in [0.15, 0.2) is 5.41 Å². The van der Waals surface area contributed by atoms with Gasteiger partial charge < -0.3 is 15.3 Å². The summed E-state index contributed by atoms with van der Waals surface area (Å²) in [7, 11) is 0. The number of urea groups is 1. The quantitative estimate of drug-likeness (QED) is 0.831. The molecule has 1 atom stereocenters. The van der Waals surface area contributed by atoms with Gasteiger partial charge in [-0.05, 0) is 18.8 Å². The van der Waals surface area contributed by atoms with Gasteiger partial charge in [0, 0.05) is 19.6 Å². The number of likely N-dealkylation sites (tertiary alicyclic amines) is 1. The van der Waals surface area contributed by atoms with E-state index in [4.69, 9.17) is 5.11 Å². The summed E-state index contributed by atoms with van der Waals surface area (Å²) in [5.74, 6) is -1.31. The third kappa shape index (κ3) is 2.83. The summed E-state index contributed by atoms with van der Waals surface area (Å²) < 4.78 is 38.8. The average molecular weight is 294 g/mol. The molecule has 0 bridgehead atoms. The summed E-state index contributed by atoms with van der Waals surface area (Å²) in [6.07, 6.45) is -2.36. The number of nitrogens with zero attached hydrogens (tertiary/aromatic N) is 1. The molecule has 5 nitrogen and oxygen atoms in total. The largest absolute Gasteiger partial charge is 0.481 e. The van der Waals surface area contributed by atoms with Crippen LogP contribution in [-0.2, 0) is 4.79 Å². The lowest BCUT2D eigenvalue weighted by molar-refractivity contribution is -0.226. The van der Waals surface area contributed by atoms with Crippen molar-refractivity contribution < 1.29 is 27.9 Å². The Kier molecular flexibility index (Phi) is 3.84. The van der Waals surface area contributed by atoms with Gasteiger partial charge in [-0.15, -0.1) is 0 Å². The highest BCUT2D eigenvalue weighted by molar-refractivity contribution is 5.80. The zero-order valence-electron chi connectivity index (χ0n) is 10.9. The molecule has 1 unspecified atom stereocenters. The maximum Gasteiger partial charge on any atom is 0.406 e. The highest BCUT2D eigenvalue weighted by atomic mass is 19.4. The zero-order valence-corrected chi connectivity index (χ0v) is 10.9. The number of nitrogens with one attached hydrogen (secondary N) is 1. The number of alkyl halides is 3. The molecule has 0 aromatic rings. The van der Waals surface area contributed by atoms with Gasteiger partial charge in [-0.2, -0.15) is 13.2 Å². The predicted octanol–water partition coefficient (Wildman–Crippen LogP) is 1.84. The molecule has 8 heteroatoms. The fraction of sp³-hybridized carbons (Fsp3) is 0.833. The van der Waals surface area contributed by atoms with Gasteiger partial charge in [0.2, 0.25) is 0 Å². The summed E-state index contributed by atoms with van der Waals surface area (Å²) in [4.78, 5) is 23.6. The first-order valence-corrected chi connectivity index (χ1v) is 6.59. The monoisotopic (exact) mass is 294 g/mol. The Morgan fingerprint density at radius 2 is 2.00 bits per heavy atom. The Morgan fingerprint density at radius 3 is 2.45 bits per heavy atom. The molecule has 0 aromatic heterocycles. The Balaban J connectivity index is 1.91. The minimum absolute atomic E-state index is 0.193. The van der Waals surface area contributed by atoms with Crippen molar-refractivity contribution in [1.82, 2.24) is 10.2 Å². The Hall–Kier alpha value is -1.47. The summed E-state index contributed by atoms with van der Waals surface area (Å²) in [5, 5.41) is 11.4. The molecule has 1 aliphatic heterocycles. The number of carboxylic acids is 1. The van der Waals surface area contributed by atoms with Crippen molar-refractivity contribution in [2.24, 2.45) is 11.3 Å². The summed E-state index contributed by atoms with van der Waals surface area (Å²) in [5.41, 5.74) is -2.83. The van der Waals surface area contributed by atoms with Crippen LogP contribution in [0.3, 0.4) is 0 Å². The number of rotatable bonds is 4. The van der Waals surface area contributed by atoms with Crippen molar-refractivity contribution in [3.05, 3.63) is 0 Å². The second kappa shape index (κ2) is 5.14. The topological polar surface area (TPSA) is 69.6 Å². The first-order valence-electron chi connectivity index (χ1n) is 6.59. The van der Waals surface area contributed by atoms with E-state index in [1.165, 1.54) is 0 Å². The number of carbonyl (C=O) groups is 2. The van der Waals surface area contributed by atoms with Crippen LogP contribution >= 0.6 is 0 Å². The number of halogens is 3. The Bertz CT molecular complexity index is 409. The van der Waals surface area contributed by atoms with Gasteiger partial charge in [-0.3, -0.25) is 4.79 Å². The minimum atomic E-state index is -4.86. The van der Waals surface area contributed by atoms with Crippen LogP contribution in [0.2, 0.25) is 0 Å². The Labute approximate surface area is 114 Å². The summed E-state index contributed by atoms with van der Waals surface area (Å²) >= 11 is 0. The number of amides is 2. The van der Waals surface area contributed by atoms with Crippen molar-refractivity contribution in [1.29, 1.82) is 0 Å². The maximum absolute atomic E-state index is 12.9. The zero-order chi connectivity index (χ0) is 15.0. The smallest absolute Gasteiger partial charge is 0.406 e. The molecule has 2 N–H and O–H groups in total. The molecule has 0 aromatic carbocycles. The highest BCUT2D eigenvalue weighted by Gasteiger charge is 2.64. The lowest BCUT2D eigenvalue weighted by Crippen LogP contribution is -2.49. The number of carbonyl (C=O) groups excluding carboxylic acids is 1. The minimum Gasteiger partial charge on any atom is -0.481 e. The van der Waals surface area contributed by atoms with E-state index in [-0.39, 0.29) is 6.54 Å². The van der Waals surface area contributed by atoms with E-state index in [1.54, 1.807) is 0 Å². The molecule has 2 aliphatic rings. The second-order valence-corrected chi connectivity index (χ2v) is 5.52. The summed E-state index contributed by atoms with van der Waals surface area (Å²) in [6.45, 7) is -0.589. The van der Waals surface area contributed by atoms with Crippen molar-refractivity contribution in [3.8, 4) is 0 Å². The molecule has 0 spiro atoms. The van der Waals surface area contributed by atoms with Gasteiger partial charge >= 0.3 is 18.2 Å². The number of carboxylic acid groups (broad SMARTS) is 1. The highest BCUT2D eigenvalue weighted by Crippen LogP contribution is 2.45. The van der Waals surface area contributed by atoms with Gasteiger partial charge in [0.05, 0.1) is 0 Å². The number of aliphatic carboxylic acids is 1. The number of hydrogen-bond acceptors (Lipinski definition) is 2. The van der Waals surface area contributed by atoms with Crippen LogP contribution in [0.25, 0.3) is 0 Å². The van der Waals surface area contributed by atoms with Crippen molar-refractivity contribution in [2.45, 2.75) is 31.9 Å². The third-order valence-electron chi connectivity index (χ3n) is 4.03. The maximum atomic E-state index is 12.9. The third-order valence-corrected chi connectivity index (χ3v) is 4.03. The van der Waals surface area contributed by atoms with E-state index in [2.05, 4.69) is 5.32 Å². The first-order chi connectivity index (χ1) is 9.26. The van der Waals surface area contributed by atoms with Gasteiger partial charge in [0.1, 0.15) is 0 Å². The van der Waals surface area contributed by atoms with Crippen LogP contribution in [-0.4, -0.2) is 47.8 Å². The lowest BCUT2D eigenvalue weighted by Gasteiger charge is -2.27. The molecule has 2 rings (SSSR count). The molecule has 0 radical (unpaired) electrons. The molecule has 20 heavy (non-hydrogen) atoms. The lowest BCUT2D eigenvalue weighted by atomic mass is 9.86. The van der Waals surface area contributed by atoms with Crippen LogP contribution in [0.1, 0.15) is 25.7 Å². The fourth-order valence-corrected chi connectivity index (χ4v) is 2.41. The average Bonchev–Trinajstić information content (AvgIpc) is 3.03. The van der Waals surface area contributed by atoms with Gasteiger partial charge in [0.25, 0.3) is 0 Å². The van der Waals surface area contributed by atoms with Crippen molar-refractivity contribution in [3.63, 3.8) is 0 Å². The van der Waals surface area contributed by atoms with E-state index in [0.29, 0.717) is 12.5 Å². The van der Waals surface area contributed by atoms with Crippen LogP contribution in [0.5, 0.6) is 0 Å². The summed E-state index contributed by atoms with van der Waals surface area (Å²) in [6, 6.07) is -0.613. The van der Waals surface area contributed by atoms with E-state index in [1.807, 2.05) is 0 Å². The van der Waals surface area contributed by atoms with E-state index < -0.39 is 36.6 Å². The van der Waals surface area contributed by atoms with Gasteiger partial charge in [-0.25, -0.2) is 4.79 Å². The van der Waals surface area contributed by atoms with Crippen LogP contribution in [0, 0.1) is 11.3 Å².